The van der Waals surface area contributed by atoms with Crippen LogP contribution in [0, 0.1) is 6.92 Å². The van der Waals surface area contributed by atoms with Crippen molar-refractivity contribution < 1.29 is 9.21 Å². The van der Waals surface area contributed by atoms with Gasteiger partial charge in [-0.3, -0.25) is 4.79 Å². The number of hydrogen-bond acceptors (Lipinski definition) is 4. The van der Waals surface area contributed by atoms with Gasteiger partial charge < -0.3 is 9.73 Å². The van der Waals surface area contributed by atoms with Gasteiger partial charge in [0.2, 0.25) is 17.7 Å². The smallest absolute Gasteiger partial charge is 0.247 e. The summed E-state index contributed by atoms with van der Waals surface area (Å²) in [6.07, 6.45) is 1.69. The molecular formula is C20H21N3O2. The fraction of sp³-hybridized carbons (Fsp3) is 0.250. The molecule has 3 aromatic rings. The number of benzene rings is 2. The Morgan fingerprint density at radius 3 is 2.64 bits per heavy atom. The fourth-order valence-electron chi connectivity index (χ4n) is 2.52. The van der Waals surface area contributed by atoms with Crippen LogP contribution < -0.4 is 5.32 Å². The Kier molecular flexibility index (Phi) is 5.23. The van der Waals surface area contributed by atoms with Crippen molar-refractivity contribution in [3.63, 3.8) is 0 Å². The van der Waals surface area contributed by atoms with Crippen LogP contribution >= 0.6 is 0 Å². The molecule has 0 radical (unpaired) electrons. The molecule has 1 N–H and O–H groups in total. The lowest BCUT2D eigenvalue weighted by Gasteiger charge is -2.05. The van der Waals surface area contributed by atoms with Crippen molar-refractivity contribution >= 4 is 11.6 Å². The molecule has 0 unspecified atom stereocenters. The molecule has 0 fully saturated rings. The van der Waals surface area contributed by atoms with E-state index in [0.29, 0.717) is 24.6 Å². The molecule has 0 aliphatic carbocycles. The van der Waals surface area contributed by atoms with E-state index < -0.39 is 0 Å². The van der Waals surface area contributed by atoms with Crippen molar-refractivity contribution in [3.05, 3.63) is 65.5 Å². The number of carbonyl (C=O) groups excluding carboxylic acids is 1. The van der Waals surface area contributed by atoms with Gasteiger partial charge in [-0.05, 0) is 43.2 Å². The van der Waals surface area contributed by atoms with E-state index in [1.165, 1.54) is 5.56 Å². The predicted molar refractivity (Wildman–Crippen MR) is 97.2 cm³/mol. The molecule has 0 bridgehead atoms. The third kappa shape index (κ3) is 4.53. The average molecular weight is 335 g/mol. The first kappa shape index (κ1) is 16.9. The standard InChI is InChI=1S/C20H21N3O2/c1-3-15-7-9-17(10-8-15)21-18(24)11-12-19-22-23-20(25-19)16-6-4-5-14(2)13-16/h4-10,13H,3,11-12H2,1-2H3,(H,21,24). The van der Waals surface area contributed by atoms with Crippen LogP contribution in [0.4, 0.5) is 5.69 Å². The van der Waals surface area contributed by atoms with Gasteiger partial charge >= 0.3 is 0 Å². The lowest BCUT2D eigenvalue weighted by molar-refractivity contribution is -0.116. The Hall–Kier alpha value is -2.95. The first-order valence-electron chi connectivity index (χ1n) is 8.42. The Labute approximate surface area is 147 Å². The Morgan fingerprint density at radius 1 is 1.12 bits per heavy atom. The zero-order valence-electron chi connectivity index (χ0n) is 14.5. The van der Waals surface area contributed by atoms with Crippen molar-refractivity contribution in [1.29, 1.82) is 0 Å². The van der Waals surface area contributed by atoms with Crippen molar-refractivity contribution in [3.8, 4) is 11.5 Å². The highest BCUT2D eigenvalue weighted by Crippen LogP contribution is 2.19. The summed E-state index contributed by atoms with van der Waals surface area (Å²) in [7, 11) is 0. The van der Waals surface area contributed by atoms with Crippen LogP contribution in [0.25, 0.3) is 11.5 Å². The fourth-order valence-corrected chi connectivity index (χ4v) is 2.52. The summed E-state index contributed by atoms with van der Waals surface area (Å²) in [6, 6.07) is 15.7. The maximum atomic E-state index is 12.1. The summed E-state index contributed by atoms with van der Waals surface area (Å²) in [6.45, 7) is 4.11. The second kappa shape index (κ2) is 7.75. The number of hydrogen-bond donors (Lipinski definition) is 1. The van der Waals surface area contributed by atoms with Crippen molar-refractivity contribution in [2.45, 2.75) is 33.1 Å². The van der Waals surface area contributed by atoms with Gasteiger partial charge in [0.25, 0.3) is 0 Å². The number of nitrogens with zero attached hydrogens (tertiary/aromatic N) is 2. The highest BCUT2D eigenvalue weighted by atomic mass is 16.4. The summed E-state index contributed by atoms with van der Waals surface area (Å²) in [4.78, 5) is 12.1. The summed E-state index contributed by atoms with van der Waals surface area (Å²) >= 11 is 0. The van der Waals surface area contributed by atoms with Gasteiger partial charge in [0.15, 0.2) is 0 Å². The first-order chi connectivity index (χ1) is 12.1. The van der Waals surface area contributed by atoms with E-state index in [1.807, 2.05) is 55.5 Å². The van der Waals surface area contributed by atoms with Gasteiger partial charge in [-0.15, -0.1) is 10.2 Å². The van der Waals surface area contributed by atoms with E-state index in [2.05, 4.69) is 22.4 Å². The molecule has 0 spiro atoms. The molecule has 0 aliphatic rings. The van der Waals surface area contributed by atoms with Crippen molar-refractivity contribution in [1.82, 2.24) is 10.2 Å². The molecule has 0 saturated carbocycles. The van der Waals surface area contributed by atoms with Gasteiger partial charge in [0.05, 0.1) is 0 Å². The maximum Gasteiger partial charge on any atom is 0.247 e. The second-order valence-electron chi connectivity index (χ2n) is 5.97. The van der Waals surface area contributed by atoms with Crippen LogP contribution in [-0.2, 0) is 17.6 Å². The number of anilines is 1. The SMILES string of the molecule is CCc1ccc(NC(=O)CCc2nnc(-c3cccc(C)c3)o2)cc1. The van der Waals surface area contributed by atoms with E-state index >= 15 is 0 Å². The zero-order chi connectivity index (χ0) is 17.6. The minimum Gasteiger partial charge on any atom is -0.421 e. The Morgan fingerprint density at radius 2 is 1.92 bits per heavy atom. The molecule has 2 aromatic carbocycles. The second-order valence-corrected chi connectivity index (χ2v) is 5.97. The molecule has 3 rings (SSSR count). The van der Waals surface area contributed by atoms with E-state index in [9.17, 15) is 4.79 Å². The molecule has 0 saturated heterocycles. The predicted octanol–water partition coefficient (Wildman–Crippen LogP) is 4.18. The number of nitrogens with one attached hydrogen (secondary N) is 1. The monoisotopic (exact) mass is 335 g/mol. The summed E-state index contributed by atoms with van der Waals surface area (Å²) in [5, 5.41) is 11.0. The van der Waals surface area contributed by atoms with Crippen LogP contribution in [0.1, 0.15) is 30.4 Å². The van der Waals surface area contributed by atoms with Gasteiger partial charge in [0.1, 0.15) is 0 Å². The van der Waals surface area contributed by atoms with Gasteiger partial charge in [0, 0.05) is 24.1 Å². The van der Waals surface area contributed by atoms with Crippen molar-refractivity contribution in [2.75, 3.05) is 5.32 Å². The summed E-state index contributed by atoms with van der Waals surface area (Å²) in [5.74, 6) is 0.877. The van der Waals surface area contributed by atoms with Crippen LogP contribution in [0.2, 0.25) is 0 Å². The highest BCUT2D eigenvalue weighted by molar-refractivity contribution is 5.90. The lowest BCUT2D eigenvalue weighted by atomic mass is 10.1. The molecule has 25 heavy (non-hydrogen) atoms. The summed E-state index contributed by atoms with van der Waals surface area (Å²) in [5.41, 5.74) is 4.06. The van der Waals surface area contributed by atoms with E-state index in [1.54, 1.807) is 0 Å². The minimum absolute atomic E-state index is 0.0699. The number of aryl methyl sites for hydroxylation is 3. The number of carbonyl (C=O) groups is 1. The van der Waals surface area contributed by atoms with E-state index in [4.69, 9.17) is 4.42 Å². The number of amides is 1. The largest absolute Gasteiger partial charge is 0.421 e. The van der Waals surface area contributed by atoms with E-state index in [-0.39, 0.29) is 5.91 Å². The lowest BCUT2D eigenvalue weighted by Crippen LogP contribution is -2.12. The van der Waals surface area contributed by atoms with Gasteiger partial charge in [-0.1, -0.05) is 36.8 Å². The van der Waals surface area contributed by atoms with Crippen LogP contribution in [0.3, 0.4) is 0 Å². The Bertz CT molecular complexity index is 853. The normalized spacial score (nSPS) is 10.6. The molecule has 1 heterocycles. The molecule has 1 amide bonds. The van der Waals surface area contributed by atoms with Gasteiger partial charge in [-0.2, -0.15) is 0 Å². The topological polar surface area (TPSA) is 68.0 Å². The maximum absolute atomic E-state index is 12.1. The quantitative estimate of drug-likeness (QED) is 0.734. The number of rotatable bonds is 6. The van der Waals surface area contributed by atoms with Gasteiger partial charge in [-0.25, -0.2) is 0 Å². The average Bonchev–Trinajstić information content (AvgIpc) is 3.10. The first-order valence-corrected chi connectivity index (χ1v) is 8.42. The molecule has 128 valence electrons. The van der Waals surface area contributed by atoms with Crippen LogP contribution in [0.5, 0.6) is 0 Å². The molecule has 1 aromatic heterocycles. The molecular weight excluding hydrogens is 314 g/mol. The molecule has 5 heteroatoms. The molecule has 5 nitrogen and oxygen atoms in total. The highest BCUT2D eigenvalue weighted by Gasteiger charge is 2.11. The minimum atomic E-state index is -0.0699. The number of aromatic nitrogens is 2. The van der Waals surface area contributed by atoms with E-state index in [0.717, 1.165) is 23.2 Å². The van der Waals surface area contributed by atoms with Crippen LogP contribution in [0.15, 0.2) is 52.9 Å². The molecule has 0 aliphatic heterocycles. The zero-order valence-corrected chi connectivity index (χ0v) is 14.5. The summed E-state index contributed by atoms with van der Waals surface area (Å²) < 4.78 is 5.65. The Balaban J connectivity index is 1.55. The third-order valence-electron chi connectivity index (χ3n) is 3.94. The van der Waals surface area contributed by atoms with Crippen LogP contribution in [-0.4, -0.2) is 16.1 Å². The third-order valence-corrected chi connectivity index (χ3v) is 3.94. The van der Waals surface area contributed by atoms with Crippen molar-refractivity contribution in [2.24, 2.45) is 0 Å². The molecule has 0 atom stereocenters.